The van der Waals surface area contributed by atoms with Gasteiger partial charge in [0, 0.05) is 23.9 Å². The van der Waals surface area contributed by atoms with Gasteiger partial charge >= 0.3 is 7.60 Å². The Bertz CT molecular complexity index is 1220. The zero-order valence-corrected chi connectivity index (χ0v) is 17.4. The van der Waals surface area contributed by atoms with Crippen LogP contribution in [0.1, 0.15) is 25.0 Å². The predicted octanol–water partition coefficient (Wildman–Crippen LogP) is 3.83. The van der Waals surface area contributed by atoms with Crippen molar-refractivity contribution in [3.63, 3.8) is 0 Å². The van der Waals surface area contributed by atoms with Crippen LogP contribution in [0, 0.1) is 0 Å². The van der Waals surface area contributed by atoms with E-state index >= 15 is 0 Å². The van der Waals surface area contributed by atoms with E-state index in [1.807, 2.05) is 6.92 Å². The molecule has 1 aromatic heterocycles. The normalized spacial score (nSPS) is 13.3. The predicted molar refractivity (Wildman–Crippen MR) is 109 cm³/mol. The minimum Gasteiger partial charge on any atom is -0.508 e. The lowest BCUT2D eigenvalue weighted by Gasteiger charge is -2.18. The fourth-order valence-corrected chi connectivity index (χ4v) is 3.47. The molecule has 0 bridgehead atoms. The first kappa shape index (κ1) is 21.7. The summed E-state index contributed by atoms with van der Waals surface area (Å²) in [6.45, 7) is 4.49. The van der Waals surface area contributed by atoms with Crippen molar-refractivity contribution < 1.29 is 38.8 Å². The highest BCUT2D eigenvalue weighted by molar-refractivity contribution is 7.51. The van der Waals surface area contributed by atoms with E-state index in [0.29, 0.717) is 24.0 Å². The van der Waals surface area contributed by atoms with Crippen LogP contribution < -0.4 is 10.3 Å². The number of fused-ring (bicyclic) bond motifs is 1. The van der Waals surface area contributed by atoms with Crippen molar-refractivity contribution in [3.05, 3.63) is 45.6 Å². The Labute approximate surface area is 171 Å². The van der Waals surface area contributed by atoms with Crippen LogP contribution in [0.4, 0.5) is 0 Å². The van der Waals surface area contributed by atoms with Gasteiger partial charge in [0.2, 0.25) is 16.9 Å². The van der Waals surface area contributed by atoms with Crippen molar-refractivity contribution >= 4 is 18.6 Å². The van der Waals surface area contributed by atoms with E-state index in [0.717, 1.165) is 6.66 Å². The molecule has 1 unspecified atom stereocenters. The highest BCUT2D eigenvalue weighted by atomic mass is 31.2. The lowest BCUT2D eigenvalue weighted by atomic mass is 9.93. The van der Waals surface area contributed by atoms with Crippen LogP contribution in [0.5, 0.6) is 23.0 Å². The summed E-state index contributed by atoms with van der Waals surface area (Å²) in [6.07, 6.45) is 0.752. The molecule has 10 heteroatoms. The first-order chi connectivity index (χ1) is 14.1. The number of benzene rings is 2. The molecule has 0 aliphatic carbocycles. The minimum absolute atomic E-state index is 0.0492. The first-order valence-corrected chi connectivity index (χ1v) is 11.1. The Hall–Kier alpha value is -3.00. The molecule has 1 atom stereocenters. The van der Waals surface area contributed by atoms with Crippen molar-refractivity contribution in [1.82, 2.24) is 0 Å². The maximum absolute atomic E-state index is 12.6. The molecule has 3 aromatic rings. The number of rotatable bonds is 6. The highest BCUT2D eigenvalue weighted by Gasteiger charge is 2.25. The standard InChI is InChI=1S/C20H21O9P/c1-4-11-12(5-2)17(22)16(28-29-30(3,25)26)9-14(11)20-19(24)18(23)13-7-6-10(21)8-15(13)27-20/h6-9,21-22,24H,4-5H2,1-3H3,(H,25,26). The Balaban J connectivity index is 2.33. The fraction of sp³-hybridized carbons (Fsp3) is 0.250. The Morgan fingerprint density at radius 1 is 1.03 bits per heavy atom. The molecule has 0 saturated carbocycles. The van der Waals surface area contributed by atoms with Crippen molar-refractivity contribution in [1.29, 1.82) is 0 Å². The molecule has 0 fully saturated rings. The van der Waals surface area contributed by atoms with Crippen LogP contribution in [0.3, 0.4) is 0 Å². The molecule has 3 rings (SSSR count). The third kappa shape index (κ3) is 4.00. The van der Waals surface area contributed by atoms with Crippen molar-refractivity contribution in [2.45, 2.75) is 26.7 Å². The smallest absolute Gasteiger partial charge is 0.363 e. The Morgan fingerprint density at radius 2 is 1.70 bits per heavy atom. The molecular weight excluding hydrogens is 415 g/mol. The van der Waals surface area contributed by atoms with Crippen molar-refractivity contribution in [2.24, 2.45) is 0 Å². The van der Waals surface area contributed by atoms with Crippen LogP contribution in [0.2, 0.25) is 0 Å². The fourth-order valence-electron chi connectivity index (χ4n) is 3.26. The molecular formula is C20H21O9P. The molecule has 0 amide bonds. The molecule has 2 aromatic carbocycles. The van der Waals surface area contributed by atoms with Crippen molar-refractivity contribution in [3.8, 4) is 34.3 Å². The van der Waals surface area contributed by atoms with E-state index in [9.17, 15) is 29.6 Å². The van der Waals surface area contributed by atoms with Gasteiger partial charge in [-0.3, -0.25) is 9.36 Å². The van der Waals surface area contributed by atoms with E-state index < -0.39 is 18.8 Å². The number of hydrogen-bond donors (Lipinski definition) is 4. The maximum Gasteiger partial charge on any atom is 0.363 e. The topological polar surface area (TPSA) is 147 Å². The Morgan fingerprint density at radius 3 is 2.30 bits per heavy atom. The lowest BCUT2D eigenvalue weighted by Crippen LogP contribution is -2.05. The monoisotopic (exact) mass is 436 g/mol. The van der Waals surface area contributed by atoms with Gasteiger partial charge in [-0.25, -0.2) is 0 Å². The summed E-state index contributed by atoms with van der Waals surface area (Å²) in [6, 6.07) is 5.12. The zero-order valence-electron chi connectivity index (χ0n) is 16.5. The van der Waals surface area contributed by atoms with Gasteiger partial charge in [-0.15, -0.1) is 4.67 Å². The number of phenolic OH excluding ortho intramolecular Hbond substituents is 2. The second-order valence-electron chi connectivity index (χ2n) is 6.69. The maximum atomic E-state index is 12.6. The van der Waals surface area contributed by atoms with Gasteiger partial charge < -0.3 is 29.5 Å². The number of aromatic hydroxyl groups is 3. The summed E-state index contributed by atoms with van der Waals surface area (Å²) in [5.41, 5.74) is 0.577. The van der Waals surface area contributed by atoms with Gasteiger partial charge in [0.05, 0.1) is 5.39 Å². The largest absolute Gasteiger partial charge is 0.508 e. The average molecular weight is 436 g/mol. The molecule has 0 spiro atoms. The molecule has 0 saturated heterocycles. The molecule has 0 aliphatic heterocycles. The molecule has 1 heterocycles. The summed E-state index contributed by atoms with van der Waals surface area (Å²) in [5, 5.41) is 30.9. The zero-order chi connectivity index (χ0) is 22.2. The minimum atomic E-state index is -4.02. The molecule has 0 radical (unpaired) electrons. The molecule has 0 aliphatic rings. The van der Waals surface area contributed by atoms with E-state index in [1.54, 1.807) is 6.92 Å². The summed E-state index contributed by atoms with van der Waals surface area (Å²) >= 11 is 0. The Kier molecular flexibility index (Phi) is 5.81. The van der Waals surface area contributed by atoms with Crippen molar-refractivity contribution in [2.75, 3.05) is 6.66 Å². The highest BCUT2D eigenvalue weighted by Crippen LogP contribution is 2.45. The van der Waals surface area contributed by atoms with E-state index in [1.165, 1.54) is 24.3 Å². The quantitative estimate of drug-likeness (QED) is 0.257. The van der Waals surface area contributed by atoms with Crippen LogP contribution in [-0.2, 0) is 22.1 Å². The van der Waals surface area contributed by atoms with Gasteiger partial charge in [-0.1, -0.05) is 13.8 Å². The average Bonchev–Trinajstić information content (AvgIpc) is 2.68. The van der Waals surface area contributed by atoms with Crippen LogP contribution in [0.25, 0.3) is 22.3 Å². The van der Waals surface area contributed by atoms with Crippen LogP contribution in [0.15, 0.2) is 33.5 Å². The summed E-state index contributed by atoms with van der Waals surface area (Å²) in [5.74, 6) is -1.57. The lowest BCUT2D eigenvalue weighted by molar-refractivity contribution is -0.109. The molecule has 9 nitrogen and oxygen atoms in total. The number of hydrogen-bond acceptors (Lipinski definition) is 8. The number of phenols is 2. The van der Waals surface area contributed by atoms with Crippen LogP contribution in [-0.4, -0.2) is 26.9 Å². The van der Waals surface area contributed by atoms with Crippen LogP contribution >= 0.6 is 7.60 Å². The second kappa shape index (κ2) is 8.02. The molecule has 30 heavy (non-hydrogen) atoms. The van der Waals surface area contributed by atoms with E-state index in [4.69, 9.17) is 9.30 Å². The second-order valence-corrected chi connectivity index (χ2v) is 8.44. The summed E-state index contributed by atoms with van der Waals surface area (Å²) in [7, 11) is -4.02. The van der Waals surface area contributed by atoms with Gasteiger partial charge in [0.25, 0.3) is 0 Å². The van der Waals surface area contributed by atoms with Gasteiger partial charge in [0.15, 0.2) is 11.5 Å². The third-order valence-electron chi connectivity index (χ3n) is 4.55. The SMILES string of the molecule is CCc1c(-c2oc3cc(O)ccc3c(=O)c2O)cc(OOP(C)(=O)O)c(O)c1CC. The van der Waals surface area contributed by atoms with Gasteiger partial charge in [0.1, 0.15) is 11.3 Å². The molecule has 4 N–H and O–H groups in total. The van der Waals surface area contributed by atoms with E-state index in [-0.39, 0.29) is 39.5 Å². The third-order valence-corrected chi connectivity index (χ3v) is 4.90. The van der Waals surface area contributed by atoms with Gasteiger partial charge in [-0.05, 0) is 36.6 Å². The molecule has 160 valence electrons. The van der Waals surface area contributed by atoms with Gasteiger partial charge in [-0.2, -0.15) is 0 Å². The first-order valence-electron chi connectivity index (χ1n) is 9.10. The summed E-state index contributed by atoms with van der Waals surface area (Å²) < 4.78 is 21.6. The van der Waals surface area contributed by atoms with E-state index in [2.05, 4.69) is 4.67 Å². The summed E-state index contributed by atoms with van der Waals surface area (Å²) in [4.78, 5) is 26.8.